The van der Waals surface area contributed by atoms with E-state index in [2.05, 4.69) is 0 Å². The summed E-state index contributed by atoms with van der Waals surface area (Å²) in [6.07, 6.45) is 1.75. The molecule has 5 heteroatoms. The Labute approximate surface area is 143 Å². The largest absolute Gasteiger partial charge is 0.451 e. The summed E-state index contributed by atoms with van der Waals surface area (Å²) >= 11 is 0. The Balaban J connectivity index is 1.70. The van der Waals surface area contributed by atoms with Crippen LogP contribution in [-0.4, -0.2) is 16.8 Å². The van der Waals surface area contributed by atoms with Crippen molar-refractivity contribution in [3.63, 3.8) is 0 Å². The number of hydrogen-bond acceptors (Lipinski definition) is 3. The number of nitrogens with zero attached hydrogens (tertiary/aromatic N) is 1. The molecule has 3 aromatic rings. The van der Waals surface area contributed by atoms with Crippen LogP contribution in [0.25, 0.3) is 11.0 Å². The first-order chi connectivity index (χ1) is 12.1. The van der Waals surface area contributed by atoms with E-state index in [0.29, 0.717) is 16.5 Å². The molecule has 0 unspecified atom stereocenters. The Morgan fingerprint density at radius 2 is 1.84 bits per heavy atom. The minimum absolute atomic E-state index is 0.00746. The number of hydrogen-bond donors (Lipinski definition) is 0. The van der Waals surface area contributed by atoms with Crippen molar-refractivity contribution in [1.29, 1.82) is 0 Å². The molecule has 2 aromatic carbocycles. The van der Waals surface area contributed by atoms with E-state index in [4.69, 9.17) is 4.42 Å². The van der Waals surface area contributed by atoms with Crippen LogP contribution >= 0.6 is 0 Å². The zero-order valence-electron chi connectivity index (χ0n) is 13.4. The molecule has 0 spiro atoms. The zero-order chi connectivity index (χ0) is 17.4. The number of carbonyl (C=O) groups excluding carboxylic acids is 1. The molecule has 126 valence electrons. The third kappa shape index (κ3) is 3.05. The lowest BCUT2D eigenvalue weighted by atomic mass is 10.1. The lowest BCUT2D eigenvalue weighted by Crippen LogP contribution is -2.33. The number of halogens is 1. The van der Waals surface area contributed by atoms with Gasteiger partial charge in [-0.3, -0.25) is 9.59 Å². The molecule has 0 aliphatic heterocycles. The lowest BCUT2D eigenvalue weighted by molar-refractivity contribution is 0.0696. The molecule has 1 aliphatic carbocycles. The second kappa shape index (κ2) is 6.16. The summed E-state index contributed by atoms with van der Waals surface area (Å²) < 4.78 is 19.6. The molecule has 0 radical (unpaired) electrons. The zero-order valence-corrected chi connectivity index (χ0v) is 13.4. The SMILES string of the molecule is O=C(c1cc(=O)c2ccccc2o1)N(Cc1ccccc1F)C1CC1. The highest BCUT2D eigenvalue weighted by Crippen LogP contribution is 2.30. The van der Waals surface area contributed by atoms with Gasteiger partial charge in [-0.25, -0.2) is 4.39 Å². The first-order valence-electron chi connectivity index (χ1n) is 8.21. The van der Waals surface area contributed by atoms with Gasteiger partial charge in [-0.2, -0.15) is 0 Å². The summed E-state index contributed by atoms with van der Waals surface area (Å²) in [5.41, 5.74) is 0.567. The Hall–Kier alpha value is -2.95. The van der Waals surface area contributed by atoms with Crippen LogP contribution in [0.15, 0.2) is 63.8 Å². The van der Waals surface area contributed by atoms with Crippen molar-refractivity contribution in [2.45, 2.75) is 25.4 Å². The number of rotatable bonds is 4. The van der Waals surface area contributed by atoms with Crippen molar-refractivity contribution in [2.24, 2.45) is 0 Å². The van der Waals surface area contributed by atoms with Crippen LogP contribution < -0.4 is 5.43 Å². The van der Waals surface area contributed by atoms with Gasteiger partial charge in [0.05, 0.1) is 5.39 Å². The Morgan fingerprint density at radius 1 is 1.12 bits per heavy atom. The maximum atomic E-state index is 14.0. The summed E-state index contributed by atoms with van der Waals surface area (Å²) in [5, 5.41) is 0.436. The molecule has 4 rings (SSSR count). The van der Waals surface area contributed by atoms with Crippen LogP contribution in [0.5, 0.6) is 0 Å². The molecule has 0 bridgehead atoms. The fraction of sp³-hybridized carbons (Fsp3) is 0.200. The summed E-state index contributed by atoms with van der Waals surface area (Å²) in [6, 6.07) is 14.5. The number of para-hydroxylation sites is 1. The molecule has 4 nitrogen and oxygen atoms in total. The van der Waals surface area contributed by atoms with Crippen molar-refractivity contribution in [1.82, 2.24) is 4.90 Å². The van der Waals surface area contributed by atoms with Crippen LogP contribution in [-0.2, 0) is 6.54 Å². The van der Waals surface area contributed by atoms with E-state index >= 15 is 0 Å². The van der Waals surface area contributed by atoms with Gasteiger partial charge in [0.2, 0.25) is 0 Å². The third-order valence-electron chi connectivity index (χ3n) is 4.39. The molecule has 0 saturated heterocycles. The van der Waals surface area contributed by atoms with Crippen molar-refractivity contribution in [2.75, 3.05) is 0 Å². The molecule has 0 N–H and O–H groups in total. The van der Waals surface area contributed by atoms with Crippen LogP contribution in [0.2, 0.25) is 0 Å². The Morgan fingerprint density at radius 3 is 2.60 bits per heavy atom. The molecule has 1 fully saturated rings. The second-order valence-electron chi connectivity index (χ2n) is 6.23. The van der Waals surface area contributed by atoms with Gasteiger partial charge in [0, 0.05) is 24.2 Å². The number of carbonyl (C=O) groups is 1. The molecule has 1 amide bonds. The minimum Gasteiger partial charge on any atom is -0.451 e. The van der Waals surface area contributed by atoms with E-state index in [-0.39, 0.29) is 35.5 Å². The molecule has 1 saturated carbocycles. The second-order valence-corrected chi connectivity index (χ2v) is 6.23. The fourth-order valence-electron chi connectivity index (χ4n) is 2.91. The highest BCUT2D eigenvalue weighted by Gasteiger charge is 2.34. The van der Waals surface area contributed by atoms with E-state index in [1.165, 1.54) is 12.1 Å². The third-order valence-corrected chi connectivity index (χ3v) is 4.39. The van der Waals surface area contributed by atoms with E-state index in [0.717, 1.165) is 12.8 Å². The molecular weight excluding hydrogens is 321 g/mol. The molecule has 1 aliphatic rings. The maximum absolute atomic E-state index is 14.0. The van der Waals surface area contributed by atoms with E-state index in [1.54, 1.807) is 47.4 Å². The molecule has 1 heterocycles. The quantitative estimate of drug-likeness (QED) is 0.729. The summed E-state index contributed by atoms with van der Waals surface area (Å²) in [7, 11) is 0. The van der Waals surface area contributed by atoms with Gasteiger partial charge in [-0.05, 0) is 31.0 Å². The average Bonchev–Trinajstić information content (AvgIpc) is 3.45. The van der Waals surface area contributed by atoms with Crippen LogP contribution in [0, 0.1) is 5.82 Å². The van der Waals surface area contributed by atoms with Gasteiger partial charge in [0.1, 0.15) is 11.4 Å². The van der Waals surface area contributed by atoms with E-state index in [1.807, 2.05) is 0 Å². The van der Waals surface area contributed by atoms with Crippen molar-refractivity contribution in [3.8, 4) is 0 Å². The molecular formula is C20H16FNO3. The van der Waals surface area contributed by atoms with Crippen LogP contribution in [0.3, 0.4) is 0 Å². The van der Waals surface area contributed by atoms with Gasteiger partial charge >= 0.3 is 0 Å². The van der Waals surface area contributed by atoms with E-state index < -0.39 is 0 Å². The molecule has 1 aromatic heterocycles. The topological polar surface area (TPSA) is 50.5 Å². The maximum Gasteiger partial charge on any atom is 0.290 e. The Kier molecular flexibility index (Phi) is 3.84. The smallest absolute Gasteiger partial charge is 0.290 e. The van der Waals surface area contributed by atoms with Crippen molar-refractivity contribution >= 4 is 16.9 Å². The number of amides is 1. The monoisotopic (exact) mass is 337 g/mol. The highest BCUT2D eigenvalue weighted by molar-refractivity contribution is 5.93. The fourth-order valence-corrected chi connectivity index (χ4v) is 2.91. The van der Waals surface area contributed by atoms with Gasteiger partial charge in [-0.1, -0.05) is 30.3 Å². The number of fused-ring (bicyclic) bond motifs is 1. The predicted octanol–water partition coefficient (Wildman–Crippen LogP) is 3.74. The normalized spacial score (nSPS) is 13.8. The highest BCUT2D eigenvalue weighted by atomic mass is 19.1. The standard InChI is InChI=1S/C20H16FNO3/c21-16-7-3-1-5-13(16)12-22(14-9-10-14)20(24)19-11-17(23)15-6-2-4-8-18(15)25-19/h1-8,11,14H,9-10,12H2. The average molecular weight is 337 g/mol. The Bertz CT molecular complexity index is 1010. The van der Waals surface area contributed by atoms with Crippen molar-refractivity contribution < 1.29 is 13.6 Å². The summed E-state index contributed by atoms with van der Waals surface area (Å²) in [5.74, 6) is -0.735. The van der Waals surface area contributed by atoms with Gasteiger partial charge in [0.15, 0.2) is 11.2 Å². The van der Waals surface area contributed by atoms with E-state index in [9.17, 15) is 14.0 Å². The minimum atomic E-state index is -0.381. The lowest BCUT2D eigenvalue weighted by Gasteiger charge is -2.22. The first kappa shape index (κ1) is 15.6. The van der Waals surface area contributed by atoms with Gasteiger partial charge < -0.3 is 9.32 Å². The van der Waals surface area contributed by atoms with Gasteiger partial charge in [-0.15, -0.1) is 0 Å². The molecule has 25 heavy (non-hydrogen) atoms. The first-order valence-corrected chi connectivity index (χ1v) is 8.21. The molecule has 0 atom stereocenters. The van der Waals surface area contributed by atoms with Crippen LogP contribution in [0.1, 0.15) is 29.0 Å². The van der Waals surface area contributed by atoms with Gasteiger partial charge in [0.25, 0.3) is 5.91 Å². The summed E-state index contributed by atoms with van der Waals surface area (Å²) in [4.78, 5) is 26.7. The summed E-state index contributed by atoms with van der Waals surface area (Å²) in [6.45, 7) is 0.159. The predicted molar refractivity (Wildman–Crippen MR) is 91.8 cm³/mol. The number of benzene rings is 2. The van der Waals surface area contributed by atoms with Crippen LogP contribution in [0.4, 0.5) is 4.39 Å². The van der Waals surface area contributed by atoms with Crippen molar-refractivity contribution in [3.05, 3.63) is 82.0 Å².